The van der Waals surface area contributed by atoms with E-state index in [9.17, 15) is 0 Å². The van der Waals surface area contributed by atoms with E-state index >= 15 is 0 Å². The summed E-state index contributed by atoms with van der Waals surface area (Å²) in [5.41, 5.74) is 1.88. The molecule has 3 aliphatic rings. The Morgan fingerprint density at radius 1 is 1.19 bits per heavy atom. The average molecular weight is 349 g/mol. The quantitative estimate of drug-likeness (QED) is 0.889. The summed E-state index contributed by atoms with van der Waals surface area (Å²) in [7, 11) is 0. The standard InChI is InChI=1S/C18H25BrN2/c19-16-6-2-1-5-15(16)11-21-12-17(14-7-8-14)20-13-18(21)9-3-4-10-18/h1-2,5-6,14,17,20H,3-4,7-13H2. The SMILES string of the molecule is Brc1ccccc1CN1CC(C2CC2)NCC12CCCC2. The molecule has 114 valence electrons. The molecule has 1 saturated heterocycles. The van der Waals surface area contributed by atoms with Gasteiger partial charge >= 0.3 is 0 Å². The Bertz CT molecular complexity index is 506. The molecule has 1 atom stereocenters. The molecule has 0 bridgehead atoms. The van der Waals surface area contributed by atoms with Gasteiger partial charge in [-0.25, -0.2) is 0 Å². The van der Waals surface area contributed by atoms with Crippen molar-refractivity contribution < 1.29 is 0 Å². The van der Waals surface area contributed by atoms with Gasteiger partial charge in [-0.1, -0.05) is 47.0 Å². The summed E-state index contributed by atoms with van der Waals surface area (Å²) in [5.74, 6) is 0.950. The third-order valence-electron chi connectivity index (χ3n) is 5.83. The van der Waals surface area contributed by atoms with E-state index < -0.39 is 0 Å². The highest BCUT2D eigenvalue weighted by Crippen LogP contribution is 2.42. The molecule has 2 nitrogen and oxygen atoms in total. The molecular weight excluding hydrogens is 324 g/mol. The van der Waals surface area contributed by atoms with Gasteiger partial charge in [0, 0.05) is 35.7 Å². The molecule has 3 fully saturated rings. The molecule has 0 radical (unpaired) electrons. The molecule has 1 unspecified atom stereocenters. The second kappa shape index (κ2) is 5.68. The lowest BCUT2D eigenvalue weighted by Gasteiger charge is -2.48. The average Bonchev–Trinajstić information content (AvgIpc) is 3.24. The number of nitrogens with one attached hydrogen (secondary N) is 1. The summed E-state index contributed by atoms with van der Waals surface area (Å²) >= 11 is 3.73. The summed E-state index contributed by atoms with van der Waals surface area (Å²) in [6.07, 6.45) is 8.44. The van der Waals surface area contributed by atoms with Crippen molar-refractivity contribution in [3.63, 3.8) is 0 Å². The monoisotopic (exact) mass is 348 g/mol. The second-order valence-corrected chi connectivity index (χ2v) is 8.08. The number of piperazine rings is 1. The van der Waals surface area contributed by atoms with Gasteiger partial charge in [-0.2, -0.15) is 0 Å². The van der Waals surface area contributed by atoms with Crippen LogP contribution in [0.25, 0.3) is 0 Å². The molecule has 0 aromatic heterocycles. The van der Waals surface area contributed by atoms with Crippen molar-refractivity contribution >= 4 is 15.9 Å². The fourth-order valence-corrected chi connectivity index (χ4v) is 4.74. The summed E-state index contributed by atoms with van der Waals surface area (Å²) in [4.78, 5) is 2.82. The first-order valence-electron chi connectivity index (χ1n) is 8.49. The van der Waals surface area contributed by atoms with Crippen LogP contribution in [-0.2, 0) is 6.54 Å². The van der Waals surface area contributed by atoms with Crippen molar-refractivity contribution in [3.8, 4) is 0 Å². The van der Waals surface area contributed by atoms with Gasteiger partial charge in [0.05, 0.1) is 0 Å². The van der Waals surface area contributed by atoms with E-state index in [0.717, 1.165) is 18.5 Å². The van der Waals surface area contributed by atoms with Crippen LogP contribution < -0.4 is 5.32 Å². The first kappa shape index (κ1) is 14.2. The van der Waals surface area contributed by atoms with Crippen LogP contribution in [0.15, 0.2) is 28.7 Å². The zero-order chi connectivity index (χ0) is 14.3. The van der Waals surface area contributed by atoms with Crippen molar-refractivity contribution in [1.29, 1.82) is 0 Å². The molecule has 4 rings (SSSR count). The zero-order valence-corrected chi connectivity index (χ0v) is 14.2. The minimum absolute atomic E-state index is 0.431. The number of rotatable bonds is 3. The van der Waals surface area contributed by atoms with E-state index in [1.807, 2.05) is 0 Å². The first-order chi connectivity index (χ1) is 10.3. The van der Waals surface area contributed by atoms with Gasteiger partial charge in [-0.05, 0) is 43.2 Å². The maximum absolute atomic E-state index is 3.89. The van der Waals surface area contributed by atoms with E-state index in [4.69, 9.17) is 0 Å². The fourth-order valence-electron chi connectivity index (χ4n) is 4.33. The smallest absolute Gasteiger partial charge is 0.0338 e. The van der Waals surface area contributed by atoms with Gasteiger partial charge in [0.25, 0.3) is 0 Å². The van der Waals surface area contributed by atoms with Crippen LogP contribution >= 0.6 is 15.9 Å². The van der Waals surface area contributed by atoms with E-state index in [1.165, 1.54) is 61.7 Å². The lowest BCUT2D eigenvalue weighted by atomic mass is 9.89. The van der Waals surface area contributed by atoms with Crippen LogP contribution in [-0.4, -0.2) is 29.6 Å². The molecular formula is C18H25BrN2. The Kier molecular flexibility index (Phi) is 3.85. The molecule has 0 amide bonds. The first-order valence-corrected chi connectivity index (χ1v) is 9.28. The largest absolute Gasteiger partial charge is 0.311 e. The predicted molar refractivity (Wildman–Crippen MR) is 90.3 cm³/mol. The van der Waals surface area contributed by atoms with E-state index in [0.29, 0.717) is 5.54 Å². The highest BCUT2D eigenvalue weighted by atomic mass is 79.9. The molecule has 1 aromatic rings. The normalized spacial score (nSPS) is 29.1. The molecule has 1 N–H and O–H groups in total. The van der Waals surface area contributed by atoms with E-state index in [-0.39, 0.29) is 0 Å². The van der Waals surface area contributed by atoms with E-state index in [1.54, 1.807) is 0 Å². The minimum atomic E-state index is 0.431. The maximum Gasteiger partial charge on any atom is 0.0338 e. The molecule has 3 heteroatoms. The minimum Gasteiger partial charge on any atom is -0.311 e. The maximum atomic E-state index is 3.89. The van der Waals surface area contributed by atoms with Gasteiger partial charge in [0.2, 0.25) is 0 Å². The summed E-state index contributed by atoms with van der Waals surface area (Å²) < 4.78 is 1.26. The Labute approximate surface area is 136 Å². The Morgan fingerprint density at radius 3 is 2.67 bits per heavy atom. The zero-order valence-electron chi connectivity index (χ0n) is 12.7. The van der Waals surface area contributed by atoms with Crippen LogP contribution in [0.2, 0.25) is 0 Å². The van der Waals surface area contributed by atoms with Crippen molar-refractivity contribution in [3.05, 3.63) is 34.3 Å². The van der Waals surface area contributed by atoms with Gasteiger partial charge in [-0.15, -0.1) is 0 Å². The van der Waals surface area contributed by atoms with Crippen molar-refractivity contribution in [1.82, 2.24) is 10.2 Å². The molecule has 1 spiro atoms. The number of nitrogens with zero attached hydrogens (tertiary/aromatic N) is 1. The lowest BCUT2D eigenvalue weighted by molar-refractivity contribution is 0.0310. The van der Waals surface area contributed by atoms with Crippen molar-refractivity contribution in [2.24, 2.45) is 5.92 Å². The van der Waals surface area contributed by atoms with Crippen molar-refractivity contribution in [2.75, 3.05) is 13.1 Å². The third-order valence-corrected chi connectivity index (χ3v) is 6.60. The Hall–Kier alpha value is -0.380. The Morgan fingerprint density at radius 2 is 1.95 bits per heavy atom. The van der Waals surface area contributed by atoms with Crippen LogP contribution in [0, 0.1) is 5.92 Å². The van der Waals surface area contributed by atoms with Crippen molar-refractivity contribution in [2.45, 2.75) is 56.7 Å². The summed E-state index contributed by atoms with van der Waals surface area (Å²) in [6.45, 7) is 3.55. The molecule has 2 saturated carbocycles. The molecule has 21 heavy (non-hydrogen) atoms. The molecule has 1 heterocycles. The fraction of sp³-hybridized carbons (Fsp3) is 0.667. The Balaban J connectivity index is 1.56. The van der Waals surface area contributed by atoms with Crippen LogP contribution in [0.1, 0.15) is 44.1 Å². The number of benzene rings is 1. The molecule has 1 aromatic carbocycles. The topological polar surface area (TPSA) is 15.3 Å². The molecule has 1 aliphatic heterocycles. The van der Waals surface area contributed by atoms with Gasteiger partial charge in [-0.3, -0.25) is 4.90 Å². The van der Waals surface area contributed by atoms with Gasteiger partial charge in [0.15, 0.2) is 0 Å². The number of hydrogen-bond donors (Lipinski definition) is 1. The summed E-state index contributed by atoms with van der Waals surface area (Å²) in [6, 6.07) is 9.47. The number of hydrogen-bond acceptors (Lipinski definition) is 2. The number of halogens is 1. The van der Waals surface area contributed by atoms with E-state index in [2.05, 4.69) is 50.4 Å². The lowest BCUT2D eigenvalue weighted by Crippen LogP contribution is -2.63. The van der Waals surface area contributed by atoms with Gasteiger partial charge in [0.1, 0.15) is 0 Å². The van der Waals surface area contributed by atoms with Crippen LogP contribution in [0.3, 0.4) is 0 Å². The summed E-state index contributed by atoms with van der Waals surface area (Å²) in [5, 5.41) is 3.89. The van der Waals surface area contributed by atoms with Crippen LogP contribution in [0.4, 0.5) is 0 Å². The highest BCUT2D eigenvalue weighted by molar-refractivity contribution is 9.10. The second-order valence-electron chi connectivity index (χ2n) is 7.23. The third kappa shape index (κ3) is 2.80. The molecule has 2 aliphatic carbocycles. The van der Waals surface area contributed by atoms with Crippen LogP contribution in [0.5, 0.6) is 0 Å². The van der Waals surface area contributed by atoms with Gasteiger partial charge < -0.3 is 5.32 Å². The predicted octanol–water partition coefficient (Wildman–Crippen LogP) is 3.95. The highest BCUT2D eigenvalue weighted by Gasteiger charge is 2.46.